The highest BCUT2D eigenvalue weighted by Gasteiger charge is 2.48. The summed E-state index contributed by atoms with van der Waals surface area (Å²) in [6.07, 6.45) is 12.5. The van der Waals surface area contributed by atoms with E-state index in [1.165, 1.54) is 101 Å². The van der Waals surface area contributed by atoms with Crippen LogP contribution in [-0.2, 0) is 17.3 Å². The van der Waals surface area contributed by atoms with Crippen molar-refractivity contribution >= 4 is 79.3 Å². The number of allylic oxidation sites excluding steroid dienone is 4. The van der Waals surface area contributed by atoms with Gasteiger partial charge in [-0.05, 0) is 131 Å². The Hall–Kier alpha value is -5.16. The lowest BCUT2D eigenvalue weighted by molar-refractivity contribution is 0.332. The van der Waals surface area contributed by atoms with Crippen LogP contribution in [0.1, 0.15) is 93.9 Å². The van der Waals surface area contributed by atoms with Crippen LogP contribution in [0.3, 0.4) is 0 Å². The molecule has 3 aromatic heterocycles. The third-order valence-electron chi connectivity index (χ3n) is 13.7. The summed E-state index contributed by atoms with van der Waals surface area (Å²) in [5.74, 6) is 1.40. The van der Waals surface area contributed by atoms with E-state index >= 15 is 0 Å². The SMILES string of the molecule is Cc1cc2c(cc1N1C3=CC(C)CC4=C3B(c3cc5oc6c(c5cc31)CCC=C6)n1c3c4cccc3c3oc4ccccc4c31)C(C)(C)CCC2(C)C. The fourth-order valence-corrected chi connectivity index (χ4v) is 11.0. The smallest absolute Gasteiger partial charge is 0.333 e. The van der Waals surface area contributed by atoms with E-state index in [-0.39, 0.29) is 17.7 Å². The number of aryl methyl sites for hydroxylation is 2. The van der Waals surface area contributed by atoms with Gasteiger partial charge in [0, 0.05) is 49.9 Å². The number of rotatable bonds is 1. The van der Waals surface area contributed by atoms with Crippen molar-refractivity contribution in [2.24, 2.45) is 5.92 Å². The molecule has 0 amide bonds. The molecule has 0 spiro atoms. The van der Waals surface area contributed by atoms with Gasteiger partial charge in [0.15, 0.2) is 5.58 Å². The second kappa shape index (κ2) is 9.88. The summed E-state index contributed by atoms with van der Waals surface area (Å²) < 4.78 is 16.1. The second-order valence-corrected chi connectivity index (χ2v) is 18.0. The molecule has 1 unspecified atom stereocenters. The number of nitrogens with zero attached hydrogens (tertiary/aromatic N) is 2. The molecule has 0 radical (unpaired) electrons. The van der Waals surface area contributed by atoms with Gasteiger partial charge in [0.25, 0.3) is 0 Å². The van der Waals surface area contributed by atoms with Gasteiger partial charge in [0.05, 0.1) is 5.52 Å². The topological polar surface area (TPSA) is 34.5 Å². The van der Waals surface area contributed by atoms with Crippen LogP contribution in [-0.4, -0.2) is 11.3 Å². The van der Waals surface area contributed by atoms with Crippen LogP contribution in [0.15, 0.2) is 98.9 Å². The molecule has 5 heteroatoms. The molecule has 4 aromatic carbocycles. The number of anilines is 2. The van der Waals surface area contributed by atoms with E-state index in [2.05, 4.69) is 136 Å². The van der Waals surface area contributed by atoms with Gasteiger partial charge in [-0.25, -0.2) is 0 Å². The molecule has 12 rings (SSSR count). The summed E-state index contributed by atoms with van der Waals surface area (Å²) in [6.45, 7) is 14.5. The zero-order chi connectivity index (χ0) is 35.7. The Morgan fingerprint density at radius 2 is 1.58 bits per heavy atom. The van der Waals surface area contributed by atoms with Crippen LogP contribution in [0.25, 0.3) is 55.6 Å². The van der Waals surface area contributed by atoms with Crippen LogP contribution in [0.2, 0.25) is 0 Å². The van der Waals surface area contributed by atoms with Crippen molar-refractivity contribution in [3.8, 4) is 0 Å². The van der Waals surface area contributed by atoms with E-state index in [1.54, 1.807) is 0 Å². The molecule has 5 aliphatic rings. The molecule has 0 saturated heterocycles. The molecule has 0 fully saturated rings. The highest BCUT2D eigenvalue weighted by molar-refractivity contribution is 6.85. The zero-order valence-corrected chi connectivity index (χ0v) is 31.5. The number of aromatic nitrogens is 1. The number of hydrogen-bond donors (Lipinski definition) is 0. The monoisotopic (exact) mass is 690 g/mol. The summed E-state index contributed by atoms with van der Waals surface area (Å²) in [6, 6.07) is 25.5. The fraction of sp³-hybridized carbons (Fsp3) is 0.292. The summed E-state index contributed by atoms with van der Waals surface area (Å²) >= 11 is 0. The average molecular weight is 691 g/mol. The number of hydrogen-bond acceptors (Lipinski definition) is 3. The van der Waals surface area contributed by atoms with E-state index in [9.17, 15) is 0 Å². The second-order valence-electron chi connectivity index (χ2n) is 18.0. The molecule has 5 heterocycles. The van der Waals surface area contributed by atoms with Crippen LogP contribution in [0.4, 0.5) is 11.4 Å². The molecule has 3 aliphatic carbocycles. The predicted octanol–water partition coefficient (Wildman–Crippen LogP) is 12.0. The molecule has 260 valence electrons. The Bertz CT molecular complexity index is 2920. The van der Waals surface area contributed by atoms with Gasteiger partial charge in [-0.3, -0.25) is 0 Å². The maximum Gasteiger partial charge on any atom is 0.333 e. The zero-order valence-electron chi connectivity index (χ0n) is 31.5. The first kappa shape index (κ1) is 30.3. The Labute approximate surface area is 310 Å². The number of para-hydroxylation sites is 2. The lowest BCUT2D eigenvalue weighted by Crippen LogP contribution is -2.51. The van der Waals surface area contributed by atoms with E-state index in [0.29, 0.717) is 5.92 Å². The van der Waals surface area contributed by atoms with Gasteiger partial charge in [-0.1, -0.05) is 77.1 Å². The minimum absolute atomic E-state index is 0.0266. The Morgan fingerprint density at radius 1 is 0.792 bits per heavy atom. The molecule has 1 atom stereocenters. The van der Waals surface area contributed by atoms with Crippen LogP contribution >= 0.6 is 0 Å². The van der Waals surface area contributed by atoms with E-state index in [1.807, 2.05) is 0 Å². The molecule has 0 saturated carbocycles. The summed E-state index contributed by atoms with van der Waals surface area (Å²) in [5, 5.41) is 3.61. The molecule has 0 N–H and O–H groups in total. The van der Waals surface area contributed by atoms with Crippen LogP contribution < -0.4 is 10.4 Å². The number of fused-ring (bicyclic) bond motifs is 13. The minimum Gasteiger partial charge on any atom is -0.456 e. The predicted molar refractivity (Wildman–Crippen MR) is 221 cm³/mol. The molecular weight excluding hydrogens is 647 g/mol. The quantitative estimate of drug-likeness (QED) is 0.161. The Morgan fingerprint density at radius 3 is 2.43 bits per heavy atom. The maximum atomic E-state index is 6.76. The first-order valence-corrected chi connectivity index (χ1v) is 19.7. The minimum atomic E-state index is -0.0266. The number of furan rings is 2. The third-order valence-corrected chi connectivity index (χ3v) is 13.7. The van der Waals surface area contributed by atoms with Crippen molar-refractivity contribution in [1.29, 1.82) is 0 Å². The first-order valence-electron chi connectivity index (χ1n) is 19.7. The Balaban J connectivity index is 1.24. The normalized spacial score (nSPS) is 20.6. The molecule has 4 nitrogen and oxygen atoms in total. The standard InChI is InChI=1S/C48H43BN2O2/c1-26-20-33-29-14-11-15-31-44(29)51(45-30-13-8-10-17-41(30)53-46(31)45)49-36-25-42-32(28-12-7-9-16-40(28)52-42)23-38(36)50(39(21-26)43(33)49)37-24-35-34(22-27(37)2)47(3,4)18-19-48(35,5)6/h8-11,13-17,21-26H,7,12,18-20H2,1-6H3. The first-order chi connectivity index (χ1) is 25.6. The van der Waals surface area contributed by atoms with E-state index < -0.39 is 0 Å². The molecule has 53 heavy (non-hydrogen) atoms. The van der Waals surface area contributed by atoms with Gasteiger partial charge in [0.2, 0.25) is 0 Å². The van der Waals surface area contributed by atoms with Crippen molar-refractivity contribution in [2.45, 2.75) is 84.5 Å². The summed E-state index contributed by atoms with van der Waals surface area (Å²) in [4.78, 5) is 2.67. The van der Waals surface area contributed by atoms with E-state index in [0.717, 1.165) is 41.8 Å². The van der Waals surface area contributed by atoms with Crippen molar-refractivity contribution in [1.82, 2.24) is 4.48 Å². The number of benzene rings is 4. The lowest BCUT2D eigenvalue weighted by Gasteiger charge is -2.46. The van der Waals surface area contributed by atoms with Gasteiger partial charge >= 0.3 is 6.85 Å². The average Bonchev–Trinajstić information content (AvgIpc) is 3.81. The molecular formula is C48H43BN2O2. The largest absolute Gasteiger partial charge is 0.456 e. The van der Waals surface area contributed by atoms with Gasteiger partial charge in [-0.15, -0.1) is 0 Å². The Kier molecular flexibility index (Phi) is 5.65. The lowest BCUT2D eigenvalue weighted by atomic mass is 9.43. The van der Waals surface area contributed by atoms with Crippen molar-refractivity contribution in [3.63, 3.8) is 0 Å². The highest BCUT2D eigenvalue weighted by Crippen LogP contribution is 2.55. The fourth-order valence-electron chi connectivity index (χ4n) is 11.0. The van der Waals surface area contributed by atoms with Gasteiger partial charge in [-0.2, -0.15) is 0 Å². The molecule has 2 aliphatic heterocycles. The molecule has 0 bridgehead atoms. The van der Waals surface area contributed by atoms with Crippen molar-refractivity contribution in [2.75, 3.05) is 4.90 Å². The van der Waals surface area contributed by atoms with Crippen molar-refractivity contribution in [3.05, 3.63) is 124 Å². The third kappa shape index (κ3) is 3.78. The van der Waals surface area contributed by atoms with Crippen LogP contribution in [0, 0.1) is 12.8 Å². The highest BCUT2D eigenvalue weighted by atomic mass is 16.3. The molecule has 7 aromatic rings. The summed E-state index contributed by atoms with van der Waals surface area (Å²) in [7, 11) is 0. The van der Waals surface area contributed by atoms with E-state index in [4.69, 9.17) is 8.83 Å². The summed E-state index contributed by atoms with van der Waals surface area (Å²) in [5.41, 5.74) is 20.7. The maximum absolute atomic E-state index is 6.76. The van der Waals surface area contributed by atoms with Crippen molar-refractivity contribution < 1.29 is 8.83 Å². The van der Waals surface area contributed by atoms with Gasteiger partial charge < -0.3 is 18.2 Å². The van der Waals surface area contributed by atoms with Gasteiger partial charge in [0.1, 0.15) is 16.9 Å². The van der Waals surface area contributed by atoms with Crippen LogP contribution in [0.5, 0.6) is 0 Å².